The summed E-state index contributed by atoms with van der Waals surface area (Å²) in [6.45, 7) is 0. The average molecular weight is 825 g/mol. The van der Waals surface area contributed by atoms with Gasteiger partial charge in [0.15, 0.2) is 11.6 Å². The molecule has 5 aromatic heterocycles. The topological polar surface area (TPSA) is 41.9 Å². The minimum absolute atomic E-state index is 0.569. The summed E-state index contributed by atoms with van der Waals surface area (Å²) in [5, 5.41) is 9.89. The van der Waals surface area contributed by atoms with Crippen LogP contribution in [0.4, 0.5) is 17.3 Å². The lowest BCUT2D eigenvalue weighted by molar-refractivity contribution is 1.03. The van der Waals surface area contributed by atoms with Crippen molar-refractivity contribution >= 4 is 143 Å². The summed E-state index contributed by atoms with van der Waals surface area (Å²) >= 11 is 7.26. The molecule has 0 aliphatic rings. The van der Waals surface area contributed by atoms with E-state index in [2.05, 4.69) is 175 Å². The van der Waals surface area contributed by atoms with E-state index in [0.717, 1.165) is 22.5 Å². The standard InChI is InChI=1S/C51H28N4S4/c1-5-15-40-32(10-1)35-23-20-30(27-46(35)58-40)50-52-49(29-21-25-44-38(26-29)34-12-3-7-17-42(34)56-44)53-51(54-50)55(31-22-24-36-33-11-2-6-16-41(33)59-47(36)28-31)39-14-9-19-45-48(39)37-13-4-8-18-43(37)57-45/h1-28H. The molecule has 4 nitrogen and oxygen atoms in total. The molecule has 13 rings (SSSR count). The van der Waals surface area contributed by atoms with Gasteiger partial charge in [-0.25, -0.2) is 4.98 Å². The molecule has 0 radical (unpaired) electrons. The number of nitrogens with zero attached hydrogens (tertiary/aromatic N) is 4. The van der Waals surface area contributed by atoms with E-state index < -0.39 is 0 Å². The maximum absolute atomic E-state index is 5.46. The van der Waals surface area contributed by atoms with Crippen LogP contribution in [0.1, 0.15) is 0 Å². The Morgan fingerprint density at radius 1 is 0.322 bits per heavy atom. The Balaban J connectivity index is 1.10. The van der Waals surface area contributed by atoms with E-state index in [9.17, 15) is 0 Å². The second-order valence-electron chi connectivity index (χ2n) is 14.8. The number of benzene rings is 8. The smallest absolute Gasteiger partial charge is 0.238 e. The molecule has 0 fully saturated rings. The van der Waals surface area contributed by atoms with Gasteiger partial charge in [-0.2, -0.15) is 9.97 Å². The van der Waals surface area contributed by atoms with Crippen molar-refractivity contribution in [3.8, 4) is 22.8 Å². The molecule has 0 unspecified atom stereocenters. The van der Waals surface area contributed by atoms with Crippen molar-refractivity contribution in [1.29, 1.82) is 0 Å². The summed E-state index contributed by atoms with van der Waals surface area (Å²) in [6, 6.07) is 61.3. The molecular weight excluding hydrogens is 797 g/mol. The van der Waals surface area contributed by atoms with Gasteiger partial charge in [-0.05, 0) is 72.8 Å². The van der Waals surface area contributed by atoms with Gasteiger partial charge in [0, 0.05) is 91.8 Å². The fourth-order valence-corrected chi connectivity index (χ4v) is 13.1. The molecule has 8 heteroatoms. The maximum atomic E-state index is 5.46. The molecule has 0 saturated heterocycles. The molecule has 59 heavy (non-hydrogen) atoms. The number of anilines is 3. The number of hydrogen-bond acceptors (Lipinski definition) is 8. The molecule has 0 atom stereocenters. The normalized spacial score (nSPS) is 12.1. The molecular formula is C51H28N4S4. The molecule has 0 saturated carbocycles. The molecule has 8 aromatic carbocycles. The number of aromatic nitrogens is 3. The van der Waals surface area contributed by atoms with Gasteiger partial charge in [-0.15, -0.1) is 45.3 Å². The van der Waals surface area contributed by atoms with Gasteiger partial charge in [0.2, 0.25) is 5.95 Å². The fourth-order valence-electron chi connectivity index (χ4n) is 8.61. The first-order chi connectivity index (χ1) is 29.2. The van der Waals surface area contributed by atoms with Crippen LogP contribution in [-0.2, 0) is 0 Å². The highest BCUT2D eigenvalue weighted by Gasteiger charge is 2.24. The van der Waals surface area contributed by atoms with Crippen LogP contribution in [0.2, 0.25) is 0 Å². The first kappa shape index (κ1) is 33.4. The van der Waals surface area contributed by atoms with Gasteiger partial charge in [0.05, 0.1) is 11.4 Å². The van der Waals surface area contributed by atoms with E-state index in [4.69, 9.17) is 15.0 Å². The molecule has 0 aliphatic heterocycles. The van der Waals surface area contributed by atoms with Crippen LogP contribution in [0.25, 0.3) is 103 Å². The first-order valence-corrected chi connectivity index (χ1v) is 22.7. The highest BCUT2D eigenvalue weighted by molar-refractivity contribution is 7.27. The Labute approximate surface area is 353 Å². The lowest BCUT2D eigenvalue weighted by Crippen LogP contribution is -2.15. The fraction of sp³-hybridized carbons (Fsp3) is 0. The van der Waals surface area contributed by atoms with Gasteiger partial charge >= 0.3 is 0 Å². The third-order valence-corrected chi connectivity index (χ3v) is 15.9. The summed E-state index contributed by atoms with van der Waals surface area (Å²) < 4.78 is 9.95. The van der Waals surface area contributed by atoms with E-state index in [-0.39, 0.29) is 0 Å². The number of hydrogen-bond donors (Lipinski definition) is 0. The molecule has 0 N–H and O–H groups in total. The van der Waals surface area contributed by atoms with Crippen LogP contribution in [0.15, 0.2) is 170 Å². The van der Waals surface area contributed by atoms with Crippen LogP contribution < -0.4 is 4.90 Å². The Kier molecular flexibility index (Phi) is 7.35. The zero-order chi connectivity index (χ0) is 38.6. The minimum Gasteiger partial charge on any atom is -0.278 e. The molecule has 13 aromatic rings. The molecule has 0 amide bonds. The molecule has 0 spiro atoms. The highest BCUT2D eigenvalue weighted by Crippen LogP contribution is 2.47. The van der Waals surface area contributed by atoms with Crippen LogP contribution in [0.5, 0.6) is 0 Å². The Bertz CT molecular complexity index is 3830. The second-order valence-corrected chi connectivity index (χ2v) is 19.1. The summed E-state index contributed by atoms with van der Waals surface area (Å²) in [6.07, 6.45) is 0. The zero-order valence-corrected chi connectivity index (χ0v) is 34.4. The van der Waals surface area contributed by atoms with Crippen LogP contribution in [0, 0.1) is 0 Å². The molecule has 0 aliphatic carbocycles. The van der Waals surface area contributed by atoms with Crippen LogP contribution in [-0.4, -0.2) is 15.0 Å². The van der Waals surface area contributed by atoms with Crippen molar-refractivity contribution < 1.29 is 0 Å². The number of fused-ring (bicyclic) bond motifs is 12. The first-order valence-electron chi connectivity index (χ1n) is 19.4. The molecule has 5 heterocycles. The highest BCUT2D eigenvalue weighted by atomic mass is 32.1. The Hall–Kier alpha value is -6.55. The lowest BCUT2D eigenvalue weighted by atomic mass is 10.1. The monoisotopic (exact) mass is 824 g/mol. The maximum Gasteiger partial charge on any atom is 0.238 e. The molecule has 0 bridgehead atoms. The zero-order valence-electron chi connectivity index (χ0n) is 31.1. The van der Waals surface area contributed by atoms with E-state index in [1.165, 1.54) is 80.7 Å². The van der Waals surface area contributed by atoms with E-state index in [1.54, 1.807) is 11.3 Å². The summed E-state index contributed by atoms with van der Waals surface area (Å²) in [5.74, 6) is 1.84. The van der Waals surface area contributed by atoms with Crippen molar-refractivity contribution in [3.05, 3.63) is 170 Å². The van der Waals surface area contributed by atoms with Gasteiger partial charge in [-0.1, -0.05) is 97.1 Å². The largest absolute Gasteiger partial charge is 0.278 e. The van der Waals surface area contributed by atoms with Gasteiger partial charge in [0.25, 0.3) is 0 Å². The van der Waals surface area contributed by atoms with E-state index in [1.807, 2.05) is 34.0 Å². The van der Waals surface area contributed by atoms with Crippen LogP contribution >= 0.6 is 45.3 Å². The van der Waals surface area contributed by atoms with Crippen LogP contribution in [0.3, 0.4) is 0 Å². The van der Waals surface area contributed by atoms with E-state index in [0.29, 0.717) is 17.6 Å². The van der Waals surface area contributed by atoms with Gasteiger partial charge in [-0.3, -0.25) is 4.90 Å². The lowest BCUT2D eigenvalue weighted by Gasteiger charge is -2.25. The Morgan fingerprint density at radius 2 is 0.797 bits per heavy atom. The predicted octanol–water partition coefficient (Wildman–Crippen LogP) is 16.1. The van der Waals surface area contributed by atoms with Crippen molar-refractivity contribution in [2.24, 2.45) is 0 Å². The van der Waals surface area contributed by atoms with Crippen molar-refractivity contribution in [2.75, 3.05) is 4.90 Å². The second kappa shape index (κ2) is 13.0. The molecule has 276 valence electrons. The third kappa shape index (κ3) is 5.27. The van der Waals surface area contributed by atoms with Crippen molar-refractivity contribution in [1.82, 2.24) is 15.0 Å². The summed E-state index contributed by atoms with van der Waals surface area (Å²) in [7, 11) is 0. The van der Waals surface area contributed by atoms with Crippen molar-refractivity contribution in [3.63, 3.8) is 0 Å². The van der Waals surface area contributed by atoms with Gasteiger partial charge in [0.1, 0.15) is 0 Å². The summed E-state index contributed by atoms with van der Waals surface area (Å²) in [4.78, 5) is 18.5. The quantitative estimate of drug-likeness (QED) is 0.173. The van der Waals surface area contributed by atoms with Gasteiger partial charge < -0.3 is 0 Å². The number of thiophene rings is 4. The minimum atomic E-state index is 0.569. The summed E-state index contributed by atoms with van der Waals surface area (Å²) in [5.41, 5.74) is 3.93. The third-order valence-electron chi connectivity index (χ3n) is 11.3. The average Bonchev–Trinajstić information content (AvgIpc) is 4.06. The van der Waals surface area contributed by atoms with E-state index >= 15 is 0 Å². The van der Waals surface area contributed by atoms with Crippen molar-refractivity contribution in [2.45, 2.75) is 0 Å². The SMILES string of the molecule is c1ccc2c(c1)sc1cc(-c3nc(-c4ccc5sc6ccccc6c5c4)nc(N(c4ccc5c(c4)sc4ccccc45)c4cccc5sc6ccccc6c45)n3)ccc12. The Morgan fingerprint density at radius 3 is 1.49 bits per heavy atom. The predicted molar refractivity (Wildman–Crippen MR) is 257 cm³/mol. The number of rotatable bonds is 5.